The fourth-order valence-corrected chi connectivity index (χ4v) is 3.91. The highest BCUT2D eigenvalue weighted by Crippen LogP contribution is 2.26. The number of pyridine rings is 2. The minimum absolute atomic E-state index is 0.258. The van der Waals surface area contributed by atoms with Gasteiger partial charge in [-0.2, -0.15) is 0 Å². The van der Waals surface area contributed by atoms with Crippen molar-refractivity contribution in [2.75, 3.05) is 19.5 Å². The molecule has 1 fully saturated rings. The highest BCUT2D eigenvalue weighted by Gasteiger charge is 2.17. The van der Waals surface area contributed by atoms with E-state index in [1.165, 1.54) is 4.90 Å². The van der Waals surface area contributed by atoms with Gasteiger partial charge in [-0.15, -0.1) is 11.8 Å². The van der Waals surface area contributed by atoms with Crippen LogP contribution in [0.3, 0.4) is 0 Å². The molecule has 0 bridgehead atoms. The molecule has 0 unspecified atom stereocenters. The molecule has 1 aromatic carbocycles. The Morgan fingerprint density at radius 2 is 2.03 bits per heavy atom. The second-order valence-corrected chi connectivity index (χ2v) is 8.36. The normalized spacial score (nSPS) is 16.3. The Kier molecular flexibility index (Phi) is 6.79. The molecule has 1 aliphatic heterocycles. The average Bonchev–Trinajstić information content (AvgIpc) is 3.33. The molecule has 0 radical (unpaired) electrons. The Morgan fingerprint density at radius 1 is 1.19 bits per heavy atom. The number of aryl methyl sites for hydroxylation is 1. The predicted octanol–water partition coefficient (Wildman–Crippen LogP) is 4.96. The van der Waals surface area contributed by atoms with Gasteiger partial charge in [0.25, 0.3) is 0 Å². The van der Waals surface area contributed by atoms with E-state index in [9.17, 15) is 0 Å². The molecule has 1 atom stereocenters. The summed E-state index contributed by atoms with van der Waals surface area (Å²) < 4.78 is 5.48. The van der Waals surface area contributed by atoms with Gasteiger partial charge in [0.2, 0.25) is 0 Å². The van der Waals surface area contributed by atoms with Crippen molar-refractivity contribution >= 4 is 23.0 Å². The van der Waals surface area contributed by atoms with Crippen molar-refractivity contribution in [1.29, 1.82) is 5.41 Å². The lowest BCUT2D eigenvalue weighted by Crippen LogP contribution is -2.25. The molecule has 3 aromatic rings. The summed E-state index contributed by atoms with van der Waals surface area (Å²) in [5, 5.41) is 12.3. The lowest BCUT2D eigenvalue weighted by Gasteiger charge is -2.14. The van der Waals surface area contributed by atoms with Gasteiger partial charge in [-0.25, -0.2) is 0 Å². The number of thioether (sulfide) groups is 1. The second kappa shape index (κ2) is 9.90. The molecule has 5 nitrogen and oxygen atoms in total. The van der Waals surface area contributed by atoms with Gasteiger partial charge in [-0.3, -0.25) is 15.4 Å². The van der Waals surface area contributed by atoms with Gasteiger partial charge in [-0.1, -0.05) is 18.2 Å². The maximum atomic E-state index is 8.90. The molecular formula is C25H26N4OS. The fraction of sp³-hybridized carbons (Fsp3) is 0.240. The van der Waals surface area contributed by atoms with Crippen LogP contribution in [0.25, 0.3) is 16.8 Å². The summed E-state index contributed by atoms with van der Waals surface area (Å²) >= 11 is 1.72. The van der Waals surface area contributed by atoms with Crippen molar-refractivity contribution in [3.8, 4) is 11.3 Å². The Labute approximate surface area is 187 Å². The molecule has 0 saturated carbocycles. The van der Waals surface area contributed by atoms with E-state index < -0.39 is 0 Å². The number of benzene rings is 1. The zero-order valence-corrected chi connectivity index (χ0v) is 18.6. The third kappa shape index (κ3) is 5.21. The molecule has 0 spiro atoms. The molecule has 158 valence electrons. The van der Waals surface area contributed by atoms with Gasteiger partial charge in [0.1, 0.15) is 0 Å². The number of nitrogens with one attached hydrogen (secondary N) is 2. The van der Waals surface area contributed by atoms with E-state index >= 15 is 0 Å². The first kappa shape index (κ1) is 21.3. The Bertz CT molecular complexity index is 1090. The Balaban J connectivity index is 1.70. The molecule has 4 rings (SSSR count). The van der Waals surface area contributed by atoms with E-state index in [-0.39, 0.29) is 6.04 Å². The molecule has 0 aliphatic carbocycles. The van der Waals surface area contributed by atoms with Gasteiger partial charge in [0.05, 0.1) is 29.7 Å². The molecule has 1 saturated heterocycles. The van der Waals surface area contributed by atoms with Crippen molar-refractivity contribution in [2.24, 2.45) is 0 Å². The molecule has 6 heteroatoms. The smallest absolute Gasteiger partial charge is 0.0889 e. The molecular weight excluding hydrogens is 404 g/mol. The second-order valence-electron chi connectivity index (χ2n) is 7.48. The van der Waals surface area contributed by atoms with Crippen LogP contribution in [0.15, 0.2) is 71.9 Å². The third-order valence-corrected chi connectivity index (χ3v) is 6.01. The van der Waals surface area contributed by atoms with Crippen LogP contribution in [0.2, 0.25) is 0 Å². The van der Waals surface area contributed by atoms with E-state index in [1.54, 1.807) is 18.0 Å². The number of rotatable bonds is 7. The largest absolute Gasteiger partial charge is 0.385 e. The maximum absolute atomic E-state index is 8.90. The van der Waals surface area contributed by atoms with Crippen LogP contribution in [0.1, 0.15) is 23.4 Å². The quantitative estimate of drug-likeness (QED) is 0.409. The highest BCUT2D eigenvalue weighted by molar-refractivity contribution is 7.98. The number of hydrogen-bond donors (Lipinski definition) is 2. The van der Waals surface area contributed by atoms with Crippen LogP contribution in [-0.2, 0) is 4.74 Å². The van der Waals surface area contributed by atoms with Crippen molar-refractivity contribution < 1.29 is 4.74 Å². The topological polar surface area (TPSA) is 70.9 Å². The monoisotopic (exact) mass is 430 g/mol. The summed E-state index contributed by atoms with van der Waals surface area (Å²) in [7, 11) is 0. The minimum atomic E-state index is 0.258. The zero-order chi connectivity index (χ0) is 21.6. The van der Waals surface area contributed by atoms with Crippen LogP contribution in [0.5, 0.6) is 0 Å². The van der Waals surface area contributed by atoms with Gasteiger partial charge in [0.15, 0.2) is 0 Å². The summed E-state index contributed by atoms with van der Waals surface area (Å²) in [6.07, 6.45) is 6.76. The van der Waals surface area contributed by atoms with E-state index in [2.05, 4.69) is 45.8 Å². The summed E-state index contributed by atoms with van der Waals surface area (Å²) in [5.74, 6) is 0. The number of aromatic nitrogens is 2. The van der Waals surface area contributed by atoms with Crippen LogP contribution in [0.4, 0.5) is 0 Å². The Morgan fingerprint density at radius 3 is 2.74 bits per heavy atom. The highest BCUT2D eigenvalue weighted by atomic mass is 32.2. The SMILES string of the molecule is CSc1ccc(-c2cc(/C(=C/N[C@H]3CCOC3)C(=N)c3cccc(C)n3)ccn2)cc1. The number of nitrogens with zero attached hydrogens (tertiary/aromatic N) is 2. The van der Waals surface area contributed by atoms with E-state index in [0.29, 0.717) is 18.0 Å². The molecule has 2 aromatic heterocycles. The molecule has 31 heavy (non-hydrogen) atoms. The predicted molar refractivity (Wildman–Crippen MR) is 128 cm³/mol. The molecule has 0 amide bonds. The summed E-state index contributed by atoms with van der Waals surface area (Å²) in [5.41, 5.74) is 5.57. The molecule has 3 heterocycles. The number of allylic oxidation sites excluding steroid dienone is 1. The average molecular weight is 431 g/mol. The van der Waals surface area contributed by atoms with Crippen molar-refractivity contribution in [1.82, 2.24) is 15.3 Å². The number of hydrogen-bond acceptors (Lipinski definition) is 6. The van der Waals surface area contributed by atoms with E-state index in [4.69, 9.17) is 10.1 Å². The van der Waals surface area contributed by atoms with Crippen LogP contribution in [-0.4, -0.2) is 41.2 Å². The van der Waals surface area contributed by atoms with Gasteiger partial charge in [-0.05, 0) is 61.6 Å². The summed E-state index contributed by atoms with van der Waals surface area (Å²) in [6, 6.07) is 18.4. The first-order chi connectivity index (χ1) is 15.1. The third-order valence-electron chi connectivity index (χ3n) is 5.26. The summed E-state index contributed by atoms with van der Waals surface area (Å²) in [6.45, 7) is 3.39. The van der Waals surface area contributed by atoms with Crippen molar-refractivity contribution in [3.63, 3.8) is 0 Å². The van der Waals surface area contributed by atoms with Crippen LogP contribution >= 0.6 is 11.8 Å². The maximum Gasteiger partial charge on any atom is 0.0889 e. The lowest BCUT2D eigenvalue weighted by atomic mass is 9.98. The number of ether oxygens (including phenoxy) is 1. The minimum Gasteiger partial charge on any atom is -0.385 e. The van der Waals surface area contributed by atoms with Crippen LogP contribution in [0, 0.1) is 12.3 Å². The van der Waals surface area contributed by atoms with Crippen molar-refractivity contribution in [2.45, 2.75) is 24.3 Å². The summed E-state index contributed by atoms with van der Waals surface area (Å²) in [4.78, 5) is 10.4. The zero-order valence-electron chi connectivity index (χ0n) is 17.8. The molecule has 2 N–H and O–H groups in total. The van der Waals surface area contributed by atoms with Gasteiger partial charge >= 0.3 is 0 Å². The fourth-order valence-electron chi connectivity index (χ4n) is 3.50. The lowest BCUT2D eigenvalue weighted by molar-refractivity contribution is 0.192. The van der Waals surface area contributed by atoms with Crippen LogP contribution < -0.4 is 5.32 Å². The molecule has 1 aliphatic rings. The first-order valence-electron chi connectivity index (χ1n) is 10.3. The Hall–Kier alpha value is -2.96. The van der Waals surface area contributed by atoms with E-state index in [1.807, 2.05) is 43.5 Å². The standard InChI is InChI=1S/C25H26N4OS/c1-17-4-3-5-23(29-17)25(26)22(15-28-20-11-13-30-16-20)19-10-12-27-24(14-19)18-6-8-21(31-2)9-7-18/h3-10,12,14-15,20,26,28H,11,13,16H2,1-2H3/b22-15-,26-25?/t20-/m0/s1. The first-order valence-corrected chi connectivity index (χ1v) is 11.5. The van der Waals surface area contributed by atoms with Gasteiger partial charge < -0.3 is 10.1 Å². The van der Waals surface area contributed by atoms with Gasteiger partial charge in [0, 0.05) is 40.7 Å². The van der Waals surface area contributed by atoms with Crippen molar-refractivity contribution in [3.05, 3.63) is 83.9 Å². The van der Waals surface area contributed by atoms with E-state index in [0.717, 1.165) is 41.1 Å².